The number of halogens is 2. The van der Waals surface area contributed by atoms with Crippen LogP contribution in [0.2, 0.25) is 0 Å². The van der Waals surface area contributed by atoms with E-state index in [0.29, 0.717) is 64.5 Å². The van der Waals surface area contributed by atoms with Gasteiger partial charge < -0.3 is 60.5 Å². The van der Waals surface area contributed by atoms with Gasteiger partial charge in [0.25, 0.3) is 0 Å². The van der Waals surface area contributed by atoms with Gasteiger partial charge in [0, 0.05) is 72.7 Å². The maximum absolute atomic E-state index is 15.7. The topological polar surface area (TPSA) is 279 Å². The van der Waals surface area contributed by atoms with Crippen LogP contribution in [0.25, 0.3) is 0 Å². The summed E-state index contributed by atoms with van der Waals surface area (Å²) in [6.07, 6.45) is 17.1. The Morgan fingerprint density at radius 1 is 0.480 bits per heavy atom. The van der Waals surface area contributed by atoms with Gasteiger partial charge in [0.1, 0.15) is 48.3 Å². The van der Waals surface area contributed by atoms with Gasteiger partial charge in [-0.05, 0) is 126 Å². The molecule has 554 valence electrons. The van der Waals surface area contributed by atoms with Gasteiger partial charge >= 0.3 is 0 Å². The minimum Gasteiger partial charge on any atom is -0.343 e. The quantitative estimate of drug-likeness (QED) is 0.153. The fourth-order valence-corrected chi connectivity index (χ4v) is 16.3. The van der Waals surface area contributed by atoms with Crippen LogP contribution >= 0.6 is 23.2 Å². The van der Waals surface area contributed by atoms with Crippen molar-refractivity contribution in [3.05, 3.63) is 0 Å². The van der Waals surface area contributed by atoms with E-state index in [1.165, 1.54) is 61.8 Å². The molecule has 0 bridgehead atoms. The second-order valence-corrected chi connectivity index (χ2v) is 31.4. The molecule has 6 aliphatic rings. The number of hydrogen-bond donors (Lipinski definition) is 4. The maximum atomic E-state index is 15.7. The molecule has 4 saturated carbocycles. The summed E-state index contributed by atoms with van der Waals surface area (Å²) in [4.78, 5) is 189. The molecule has 24 nitrogen and oxygen atoms in total. The Hall–Kier alpha value is -5.78. The van der Waals surface area contributed by atoms with E-state index in [4.69, 9.17) is 23.2 Å². The van der Waals surface area contributed by atoms with Crippen molar-refractivity contribution in [3.63, 3.8) is 0 Å². The highest BCUT2D eigenvalue weighted by Crippen LogP contribution is 2.35. The molecular formula is C72H120Cl2N12O12. The summed E-state index contributed by atoms with van der Waals surface area (Å²) < 4.78 is 0. The predicted octanol–water partition coefficient (Wildman–Crippen LogP) is 6.06. The summed E-state index contributed by atoms with van der Waals surface area (Å²) in [5, 5.41) is 11.6. The van der Waals surface area contributed by atoms with Crippen molar-refractivity contribution in [2.24, 2.45) is 35.5 Å². The lowest BCUT2D eigenvalue weighted by Gasteiger charge is -2.39. The van der Waals surface area contributed by atoms with E-state index in [2.05, 4.69) is 21.3 Å². The van der Waals surface area contributed by atoms with E-state index < -0.39 is 157 Å². The molecule has 2 saturated heterocycles. The number of amides is 12. The Balaban J connectivity index is 1.43. The van der Waals surface area contributed by atoms with Crippen LogP contribution in [-0.4, -0.2) is 251 Å². The number of nitrogens with zero attached hydrogens (tertiary/aromatic N) is 8. The van der Waals surface area contributed by atoms with Crippen molar-refractivity contribution in [2.75, 3.05) is 81.6 Å². The molecule has 26 heteroatoms. The molecule has 98 heavy (non-hydrogen) atoms. The molecule has 0 spiro atoms. The Bertz CT molecular complexity index is 2740. The number of carbonyl (C=O) groups excluding carboxylic acids is 12. The summed E-state index contributed by atoms with van der Waals surface area (Å²) in [6.45, 7) is 9.74. The molecule has 0 aromatic carbocycles. The van der Waals surface area contributed by atoms with Crippen molar-refractivity contribution < 1.29 is 57.5 Å². The Labute approximate surface area is 593 Å². The molecule has 4 N–H and O–H groups in total. The fraction of sp³-hybridized carbons (Fsp3) is 0.833. The average molecular weight is 1420 g/mol. The maximum Gasteiger partial charge on any atom is 0.245 e. The molecule has 2 unspecified atom stereocenters. The third-order valence-electron chi connectivity index (χ3n) is 22.5. The van der Waals surface area contributed by atoms with Crippen molar-refractivity contribution in [2.45, 2.75) is 268 Å². The van der Waals surface area contributed by atoms with Gasteiger partial charge in [-0.2, -0.15) is 0 Å². The summed E-state index contributed by atoms with van der Waals surface area (Å²) in [7, 11) is 8.80. The first kappa shape index (κ1) is 81.2. The van der Waals surface area contributed by atoms with Crippen LogP contribution < -0.4 is 21.3 Å². The van der Waals surface area contributed by atoms with Crippen molar-refractivity contribution in [1.82, 2.24) is 60.5 Å². The molecule has 2 heterocycles. The van der Waals surface area contributed by atoms with Gasteiger partial charge in [0.15, 0.2) is 0 Å². The molecular weight excluding hydrogens is 1300 g/mol. The number of rotatable bonds is 13. The highest BCUT2D eigenvalue weighted by Gasteiger charge is 2.44. The zero-order valence-electron chi connectivity index (χ0n) is 61.1. The minimum absolute atomic E-state index is 0.00487. The lowest BCUT2D eigenvalue weighted by atomic mass is 9.82. The van der Waals surface area contributed by atoms with E-state index >= 15 is 24.0 Å². The average Bonchev–Trinajstić information content (AvgIpc) is 0.854. The second kappa shape index (κ2) is 38.9. The van der Waals surface area contributed by atoms with Crippen molar-refractivity contribution in [3.8, 4) is 0 Å². The summed E-state index contributed by atoms with van der Waals surface area (Å²) in [5.41, 5.74) is 0. The number of likely N-dealkylation sites (N-methyl/N-ethyl adjacent to an activating group) is 7. The number of carbonyl (C=O) groups is 12. The van der Waals surface area contributed by atoms with Crippen LogP contribution in [0, 0.1) is 35.5 Å². The first-order chi connectivity index (χ1) is 46.4. The summed E-state index contributed by atoms with van der Waals surface area (Å²) in [5.74, 6) is -8.15. The molecule has 0 radical (unpaired) electrons. The minimum atomic E-state index is -1.42. The van der Waals surface area contributed by atoms with Gasteiger partial charge in [-0.25, -0.2) is 0 Å². The Kier molecular flexibility index (Phi) is 32.2. The van der Waals surface area contributed by atoms with E-state index in [1.54, 1.807) is 39.6 Å². The van der Waals surface area contributed by atoms with E-state index in [-0.39, 0.29) is 66.7 Å². The summed E-state index contributed by atoms with van der Waals surface area (Å²) in [6, 6.07) is -9.50. The van der Waals surface area contributed by atoms with Gasteiger partial charge in [-0.15, -0.1) is 23.2 Å². The molecule has 6 rings (SSSR count). The highest BCUT2D eigenvalue weighted by molar-refractivity contribution is 6.20. The predicted molar refractivity (Wildman–Crippen MR) is 377 cm³/mol. The molecule has 12 amide bonds. The lowest BCUT2D eigenvalue weighted by molar-refractivity contribution is -0.151. The largest absolute Gasteiger partial charge is 0.343 e. The van der Waals surface area contributed by atoms with Crippen LogP contribution in [-0.2, 0) is 57.5 Å². The van der Waals surface area contributed by atoms with Crippen LogP contribution in [0.1, 0.15) is 208 Å². The van der Waals surface area contributed by atoms with Crippen LogP contribution in [0.5, 0.6) is 0 Å². The smallest absolute Gasteiger partial charge is 0.245 e. The highest BCUT2D eigenvalue weighted by atomic mass is 35.5. The van der Waals surface area contributed by atoms with E-state index in [1.807, 2.05) is 6.92 Å². The zero-order valence-corrected chi connectivity index (χ0v) is 62.6. The van der Waals surface area contributed by atoms with Crippen LogP contribution in [0.3, 0.4) is 0 Å². The SMILES string of the molecule is CC[C@H](C)[C@@H]1NC(=O)[C@H](C)N(C)C(=O)C[C@@H](C(=O)N2CCCC2)NC(=O)[C@H](C(C)C)N(C)C(=O)[C@H](CC2CCCCC2)N(C)C(=O)[C@H](CC2CCCCC2)NC(=O)[C@H](CC2CCCC(Cl)C2)NC(=O)CN(CC)C(=O)[C@H](CC2CCC(Cl)CC2)N(C)C(=O)CN(C)C(=O)CN(C)C1=O. The second-order valence-electron chi connectivity index (χ2n) is 30.2. The standard InChI is InChI=1S/C72H120Cl2N12O12/c1-13-46(5)63-72(98)80(8)43-61(89)79(7)44-62(90)82(10)58(40-50-30-32-52(73)33-31-50)71(97)85(14-2)42-59(87)75-54(38-51-28-23-29-53(74)36-51)66(92)76-55(37-48-24-17-15-18-25-48)68(94)83(11)57(39-49-26-19-16-20-27-49)70(96)84(12)64(45(3)4)67(93)77-56(69(95)86-34-21-22-35-86)41-60(88)81(9)47(6)65(91)78-63/h45-58,63-64H,13-44H2,1-12H3,(H,75,87)(H,76,92)(H,77,93)(H,78,91)/t46-,47-,50?,51?,52?,53?,54-,55-,56-,57-,58-,63-,64-/m0/s1. The monoisotopic (exact) mass is 1410 g/mol. The molecule has 0 aromatic heterocycles. The van der Waals surface area contributed by atoms with E-state index in [9.17, 15) is 33.6 Å². The first-order valence-electron chi connectivity index (χ1n) is 37.0. The van der Waals surface area contributed by atoms with E-state index in [0.717, 1.165) is 98.2 Å². The molecule has 0 aromatic rings. The van der Waals surface area contributed by atoms with Crippen molar-refractivity contribution >= 4 is 94.1 Å². The number of alkyl halides is 2. The lowest BCUT2D eigenvalue weighted by Crippen LogP contribution is -2.61. The Morgan fingerprint density at radius 3 is 1.60 bits per heavy atom. The first-order valence-corrected chi connectivity index (χ1v) is 37.9. The normalized spacial score (nSPS) is 30.7. The Morgan fingerprint density at radius 2 is 1.03 bits per heavy atom. The van der Waals surface area contributed by atoms with Crippen LogP contribution in [0.15, 0.2) is 0 Å². The van der Waals surface area contributed by atoms with Gasteiger partial charge in [-0.3, -0.25) is 57.5 Å². The molecule has 11 atom stereocenters. The number of hydrogen-bond acceptors (Lipinski definition) is 12. The number of likely N-dealkylation sites (tertiary alicyclic amines) is 1. The van der Waals surface area contributed by atoms with Crippen LogP contribution in [0.4, 0.5) is 0 Å². The third-order valence-corrected chi connectivity index (χ3v) is 23.3. The molecule has 6 fully saturated rings. The summed E-state index contributed by atoms with van der Waals surface area (Å²) >= 11 is 13.3. The number of nitrogens with one attached hydrogen (secondary N) is 4. The van der Waals surface area contributed by atoms with Gasteiger partial charge in [0.2, 0.25) is 70.9 Å². The zero-order chi connectivity index (χ0) is 72.2. The van der Waals surface area contributed by atoms with Gasteiger partial charge in [0.05, 0.1) is 26.1 Å². The molecule has 4 aliphatic carbocycles. The fourth-order valence-electron chi connectivity index (χ4n) is 15.7. The van der Waals surface area contributed by atoms with Crippen molar-refractivity contribution in [1.29, 1.82) is 0 Å². The third kappa shape index (κ3) is 22.9. The van der Waals surface area contributed by atoms with Gasteiger partial charge in [-0.1, -0.05) is 111 Å². The molecule has 2 aliphatic heterocycles.